The van der Waals surface area contributed by atoms with Gasteiger partial charge >= 0.3 is 0 Å². The van der Waals surface area contributed by atoms with Gasteiger partial charge in [-0.05, 0) is 25.0 Å². The number of carbonyl (C=O) groups is 1. The van der Waals surface area contributed by atoms with E-state index in [2.05, 4.69) is 20.1 Å². The van der Waals surface area contributed by atoms with Crippen LogP contribution in [-0.4, -0.2) is 50.1 Å². The molecule has 3 aromatic rings. The maximum atomic E-state index is 12.4. The van der Waals surface area contributed by atoms with Crippen molar-refractivity contribution in [2.75, 3.05) is 13.1 Å². The molecule has 1 atom stereocenters. The SMILES string of the molecule is O=C(c1cscn1)N1CCCC(OCc2nc(-c3ccncc3)no2)C1. The molecule has 1 saturated heterocycles. The first-order chi connectivity index (χ1) is 12.8. The van der Waals surface area contributed by atoms with Gasteiger partial charge in [0.1, 0.15) is 12.3 Å². The molecule has 0 spiro atoms. The largest absolute Gasteiger partial charge is 0.367 e. The smallest absolute Gasteiger partial charge is 0.273 e. The second kappa shape index (κ2) is 7.71. The molecule has 4 heterocycles. The van der Waals surface area contributed by atoms with Crippen LogP contribution in [0.4, 0.5) is 0 Å². The number of likely N-dealkylation sites (tertiary alicyclic amines) is 1. The average molecular weight is 371 g/mol. The molecule has 134 valence electrons. The topological polar surface area (TPSA) is 94.2 Å². The molecule has 1 amide bonds. The number of aromatic nitrogens is 4. The van der Waals surface area contributed by atoms with Crippen molar-refractivity contribution in [1.82, 2.24) is 25.0 Å². The maximum absolute atomic E-state index is 12.4. The second-order valence-electron chi connectivity index (χ2n) is 5.95. The number of pyridine rings is 1. The Balaban J connectivity index is 1.33. The van der Waals surface area contributed by atoms with E-state index in [1.54, 1.807) is 28.2 Å². The molecule has 1 unspecified atom stereocenters. The van der Waals surface area contributed by atoms with E-state index in [1.807, 2.05) is 12.1 Å². The zero-order valence-corrected chi connectivity index (χ0v) is 14.8. The monoisotopic (exact) mass is 371 g/mol. The van der Waals surface area contributed by atoms with Gasteiger partial charge < -0.3 is 14.2 Å². The highest BCUT2D eigenvalue weighted by atomic mass is 32.1. The van der Waals surface area contributed by atoms with Gasteiger partial charge in [0, 0.05) is 36.4 Å². The van der Waals surface area contributed by atoms with Crippen molar-refractivity contribution >= 4 is 17.2 Å². The maximum Gasteiger partial charge on any atom is 0.273 e. The lowest BCUT2D eigenvalue weighted by Crippen LogP contribution is -2.43. The number of hydrogen-bond acceptors (Lipinski definition) is 8. The second-order valence-corrected chi connectivity index (χ2v) is 6.67. The molecule has 1 fully saturated rings. The van der Waals surface area contributed by atoms with Crippen LogP contribution in [0.1, 0.15) is 29.2 Å². The number of rotatable bonds is 5. The molecule has 0 saturated carbocycles. The molecule has 0 radical (unpaired) electrons. The molecule has 4 rings (SSSR count). The molecule has 1 aliphatic rings. The fourth-order valence-corrected chi connectivity index (χ4v) is 3.39. The van der Waals surface area contributed by atoms with E-state index >= 15 is 0 Å². The first-order valence-corrected chi connectivity index (χ1v) is 9.26. The van der Waals surface area contributed by atoms with Gasteiger partial charge in [0.2, 0.25) is 5.82 Å². The van der Waals surface area contributed by atoms with Gasteiger partial charge in [-0.1, -0.05) is 5.16 Å². The highest BCUT2D eigenvalue weighted by Crippen LogP contribution is 2.19. The molecule has 0 aromatic carbocycles. The number of hydrogen-bond donors (Lipinski definition) is 0. The number of carbonyl (C=O) groups excluding carboxylic acids is 1. The molecule has 1 aliphatic heterocycles. The third kappa shape index (κ3) is 3.78. The van der Waals surface area contributed by atoms with Crippen LogP contribution < -0.4 is 0 Å². The minimum Gasteiger partial charge on any atom is -0.367 e. The van der Waals surface area contributed by atoms with E-state index in [0.717, 1.165) is 24.9 Å². The first kappa shape index (κ1) is 16.8. The Morgan fingerprint density at radius 3 is 3.08 bits per heavy atom. The van der Waals surface area contributed by atoms with Crippen molar-refractivity contribution in [3.63, 3.8) is 0 Å². The molecular formula is C17H17N5O3S. The number of piperidine rings is 1. The van der Waals surface area contributed by atoms with Gasteiger partial charge in [-0.15, -0.1) is 11.3 Å². The van der Waals surface area contributed by atoms with Gasteiger partial charge in [0.15, 0.2) is 0 Å². The lowest BCUT2D eigenvalue weighted by molar-refractivity contribution is -0.0154. The number of amides is 1. The summed E-state index contributed by atoms with van der Waals surface area (Å²) in [6.45, 7) is 1.49. The Bertz CT molecular complexity index is 852. The Labute approximate surface area is 153 Å². The van der Waals surface area contributed by atoms with Crippen molar-refractivity contribution in [2.24, 2.45) is 0 Å². The Morgan fingerprint density at radius 1 is 1.38 bits per heavy atom. The van der Waals surface area contributed by atoms with E-state index < -0.39 is 0 Å². The normalized spacial score (nSPS) is 17.4. The van der Waals surface area contributed by atoms with Gasteiger partial charge in [0.05, 0.1) is 11.6 Å². The average Bonchev–Trinajstić information content (AvgIpc) is 3.39. The molecule has 0 bridgehead atoms. The first-order valence-electron chi connectivity index (χ1n) is 8.31. The lowest BCUT2D eigenvalue weighted by Gasteiger charge is -2.32. The molecule has 3 aromatic heterocycles. The van der Waals surface area contributed by atoms with Crippen LogP contribution in [0.3, 0.4) is 0 Å². The minimum atomic E-state index is -0.0531. The zero-order valence-electron chi connectivity index (χ0n) is 13.9. The number of ether oxygens (including phenoxy) is 1. The predicted octanol–water partition coefficient (Wildman–Crippen LogP) is 2.41. The summed E-state index contributed by atoms with van der Waals surface area (Å²) < 4.78 is 11.1. The summed E-state index contributed by atoms with van der Waals surface area (Å²) in [7, 11) is 0. The van der Waals surface area contributed by atoms with Gasteiger partial charge in [0.25, 0.3) is 11.8 Å². The van der Waals surface area contributed by atoms with E-state index in [4.69, 9.17) is 9.26 Å². The van der Waals surface area contributed by atoms with Crippen LogP contribution in [-0.2, 0) is 11.3 Å². The van der Waals surface area contributed by atoms with E-state index in [0.29, 0.717) is 24.0 Å². The van der Waals surface area contributed by atoms with Crippen LogP contribution in [0.5, 0.6) is 0 Å². The summed E-state index contributed by atoms with van der Waals surface area (Å²) in [5, 5.41) is 5.73. The van der Waals surface area contributed by atoms with Crippen molar-refractivity contribution in [2.45, 2.75) is 25.6 Å². The third-order valence-electron chi connectivity index (χ3n) is 4.17. The highest BCUT2D eigenvalue weighted by Gasteiger charge is 2.26. The summed E-state index contributed by atoms with van der Waals surface area (Å²) in [4.78, 5) is 26.6. The van der Waals surface area contributed by atoms with Crippen molar-refractivity contribution in [3.8, 4) is 11.4 Å². The lowest BCUT2D eigenvalue weighted by atomic mass is 10.1. The van der Waals surface area contributed by atoms with Crippen LogP contribution in [0.15, 0.2) is 39.9 Å². The van der Waals surface area contributed by atoms with Crippen molar-refractivity contribution in [1.29, 1.82) is 0 Å². The standard InChI is InChI=1S/C17H17N5O3S/c23-17(14-10-26-11-19-14)22-7-1-2-13(8-22)24-9-15-20-16(21-25-15)12-3-5-18-6-4-12/h3-6,10-11,13H,1-2,7-9H2. The summed E-state index contributed by atoms with van der Waals surface area (Å²) in [6, 6.07) is 3.64. The number of nitrogens with zero attached hydrogens (tertiary/aromatic N) is 5. The third-order valence-corrected chi connectivity index (χ3v) is 4.75. The van der Waals surface area contributed by atoms with Crippen LogP contribution in [0.2, 0.25) is 0 Å². The Kier molecular flexibility index (Phi) is 4.98. The van der Waals surface area contributed by atoms with E-state index in [1.165, 1.54) is 11.3 Å². The van der Waals surface area contributed by atoms with E-state index in [-0.39, 0.29) is 18.6 Å². The van der Waals surface area contributed by atoms with Crippen LogP contribution in [0.25, 0.3) is 11.4 Å². The van der Waals surface area contributed by atoms with Crippen LogP contribution >= 0.6 is 11.3 Å². The fourth-order valence-electron chi connectivity index (χ4n) is 2.86. The predicted molar refractivity (Wildman–Crippen MR) is 93.4 cm³/mol. The van der Waals surface area contributed by atoms with Gasteiger partial charge in [-0.3, -0.25) is 9.78 Å². The molecular weight excluding hydrogens is 354 g/mol. The fraction of sp³-hybridized carbons (Fsp3) is 0.353. The molecule has 26 heavy (non-hydrogen) atoms. The van der Waals surface area contributed by atoms with Crippen molar-refractivity contribution in [3.05, 3.63) is 47.0 Å². The summed E-state index contributed by atoms with van der Waals surface area (Å²) in [5.41, 5.74) is 3.00. The minimum absolute atomic E-state index is 0.0442. The van der Waals surface area contributed by atoms with Gasteiger partial charge in [-0.2, -0.15) is 4.98 Å². The molecule has 9 heteroatoms. The summed E-state index contributed by atoms with van der Waals surface area (Å²) in [5.74, 6) is 0.882. The van der Waals surface area contributed by atoms with Crippen LogP contribution in [0, 0.1) is 0 Å². The quantitative estimate of drug-likeness (QED) is 0.680. The summed E-state index contributed by atoms with van der Waals surface area (Å²) >= 11 is 1.42. The zero-order chi connectivity index (χ0) is 17.8. The highest BCUT2D eigenvalue weighted by molar-refractivity contribution is 7.07. The van der Waals surface area contributed by atoms with E-state index in [9.17, 15) is 4.79 Å². The molecule has 0 aliphatic carbocycles. The van der Waals surface area contributed by atoms with Gasteiger partial charge in [-0.25, -0.2) is 4.98 Å². The Morgan fingerprint density at radius 2 is 2.27 bits per heavy atom. The number of thiazole rings is 1. The Hall–Kier alpha value is -2.65. The molecule has 0 N–H and O–H groups in total. The molecule has 8 nitrogen and oxygen atoms in total. The summed E-state index contributed by atoms with van der Waals surface area (Å²) in [6.07, 6.45) is 5.09. The van der Waals surface area contributed by atoms with Crippen molar-refractivity contribution < 1.29 is 14.1 Å².